The van der Waals surface area contributed by atoms with Gasteiger partial charge in [0.05, 0.1) is 15.5 Å². The Hall–Kier alpha value is -3.04. The maximum absolute atomic E-state index is 12.7. The molecule has 9 heteroatoms. The van der Waals surface area contributed by atoms with Gasteiger partial charge in [-0.15, -0.1) is 0 Å². The summed E-state index contributed by atoms with van der Waals surface area (Å²) in [6.07, 6.45) is 3.47. The van der Waals surface area contributed by atoms with E-state index in [0.717, 1.165) is 23.1 Å². The number of para-hydroxylation sites is 1. The molecule has 140 valence electrons. The van der Waals surface area contributed by atoms with Gasteiger partial charge in [-0.05, 0) is 31.0 Å². The normalized spacial score (nSPS) is 11.5. The Bertz CT molecular complexity index is 1110. The van der Waals surface area contributed by atoms with E-state index in [0.29, 0.717) is 5.56 Å². The molecule has 0 saturated heterocycles. The van der Waals surface area contributed by atoms with Crippen molar-refractivity contribution in [3.05, 3.63) is 81.9 Å². The molecule has 1 N–H and O–H groups in total. The van der Waals surface area contributed by atoms with E-state index in [2.05, 4.69) is 9.71 Å². The molecule has 27 heavy (non-hydrogen) atoms. The number of nitro groups is 1. The van der Waals surface area contributed by atoms with E-state index in [4.69, 9.17) is 0 Å². The molecule has 1 heterocycles. The summed E-state index contributed by atoms with van der Waals surface area (Å²) >= 11 is 0. The molecule has 0 amide bonds. The summed E-state index contributed by atoms with van der Waals surface area (Å²) in [5.41, 5.74) is 1.73. The number of aromatic nitrogens is 2. The Balaban J connectivity index is 1.91. The number of sulfonamides is 1. The molecule has 0 bridgehead atoms. The van der Waals surface area contributed by atoms with Crippen LogP contribution < -0.4 is 4.72 Å². The smallest absolute Gasteiger partial charge is 0.270 e. The van der Waals surface area contributed by atoms with Crippen molar-refractivity contribution in [1.29, 1.82) is 0 Å². The van der Waals surface area contributed by atoms with Crippen molar-refractivity contribution in [2.45, 2.75) is 25.3 Å². The fraction of sp³-hybridized carbons (Fsp3) is 0.167. The zero-order valence-electron chi connectivity index (χ0n) is 14.8. The van der Waals surface area contributed by atoms with Gasteiger partial charge < -0.3 is 4.57 Å². The van der Waals surface area contributed by atoms with Gasteiger partial charge in [0.1, 0.15) is 5.82 Å². The second-order valence-corrected chi connectivity index (χ2v) is 7.74. The van der Waals surface area contributed by atoms with Gasteiger partial charge in [0.25, 0.3) is 5.69 Å². The minimum absolute atomic E-state index is 0.0399. The van der Waals surface area contributed by atoms with E-state index >= 15 is 0 Å². The van der Waals surface area contributed by atoms with Crippen molar-refractivity contribution >= 4 is 15.7 Å². The minimum atomic E-state index is -3.92. The number of benzene rings is 2. The molecule has 8 nitrogen and oxygen atoms in total. The average Bonchev–Trinajstić information content (AvgIpc) is 3.06. The standard InChI is InChI=1S/C18H18N4O4S/c1-13-7-8-16(22(23)24)11-18(13)27(25,26)20-12-15-5-3-4-6-17(15)21-10-9-19-14(21)2/h3-11,20H,12H2,1-2H3. The third-order valence-corrected chi connectivity index (χ3v) is 5.74. The molecule has 3 rings (SSSR count). The molecule has 0 unspecified atom stereocenters. The summed E-state index contributed by atoms with van der Waals surface area (Å²) in [6, 6.07) is 11.1. The Morgan fingerprint density at radius 1 is 1.19 bits per heavy atom. The lowest BCUT2D eigenvalue weighted by molar-refractivity contribution is -0.385. The van der Waals surface area contributed by atoms with E-state index in [1.807, 2.05) is 35.8 Å². The maximum Gasteiger partial charge on any atom is 0.270 e. The van der Waals surface area contributed by atoms with Crippen LogP contribution in [0.5, 0.6) is 0 Å². The van der Waals surface area contributed by atoms with Gasteiger partial charge >= 0.3 is 0 Å². The second kappa shape index (κ2) is 7.29. The van der Waals surface area contributed by atoms with Crippen LogP contribution in [0.4, 0.5) is 5.69 Å². The van der Waals surface area contributed by atoms with Crippen LogP contribution in [0.15, 0.2) is 59.8 Å². The molecule has 0 aliphatic heterocycles. The predicted octanol–water partition coefficient (Wildman–Crippen LogP) is 2.88. The first-order valence-corrected chi connectivity index (χ1v) is 9.61. The summed E-state index contributed by atoms with van der Waals surface area (Å²) in [7, 11) is -3.92. The van der Waals surface area contributed by atoms with Crippen LogP contribution in [0, 0.1) is 24.0 Å². The van der Waals surface area contributed by atoms with Crippen molar-refractivity contribution in [2.75, 3.05) is 0 Å². The molecule has 3 aromatic rings. The Morgan fingerprint density at radius 2 is 1.93 bits per heavy atom. The van der Waals surface area contributed by atoms with Gasteiger partial charge in [-0.3, -0.25) is 10.1 Å². The Kier molecular flexibility index (Phi) is 5.06. The summed E-state index contributed by atoms with van der Waals surface area (Å²) in [6.45, 7) is 3.49. The van der Waals surface area contributed by atoms with Crippen molar-refractivity contribution in [3.8, 4) is 5.69 Å². The highest BCUT2D eigenvalue weighted by Crippen LogP contribution is 2.22. The van der Waals surface area contributed by atoms with Crippen LogP contribution in [0.1, 0.15) is 17.0 Å². The van der Waals surface area contributed by atoms with E-state index in [-0.39, 0.29) is 17.1 Å². The quantitative estimate of drug-likeness (QED) is 0.518. The maximum atomic E-state index is 12.7. The van der Waals surface area contributed by atoms with Crippen molar-refractivity contribution in [3.63, 3.8) is 0 Å². The zero-order chi connectivity index (χ0) is 19.6. The molecule has 1 aromatic heterocycles. The summed E-state index contributed by atoms with van der Waals surface area (Å²) in [4.78, 5) is 14.4. The van der Waals surface area contributed by atoms with Crippen LogP contribution in [0.3, 0.4) is 0 Å². The largest absolute Gasteiger partial charge is 0.304 e. The van der Waals surface area contributed by atoms with Crippen LogP contribution >= 0.6 is 0 Å². The van der Waals surface area contributed by atoms with Gasteiger partial charge in [0, 0.05) is 31.1 Å². The number of non-ortho nitro benzene ring substituents is 1. The highest BCUT2D eigenvalue weighted by Gasteiger charge is 2.21. The number of rotatable bonds is 6. The van der Waals surface area contributed by atoms with Gasteiger partial charge in [-0.25, -0.2) is 18.1 Å². The van der Waals surface area contributed by atoms with E-state index in [1.165, 1.54) is 12.1 Å². The number of nitrogens with one attached hydrogen (secondary N) is 1. The molecule has 0 atom stereocenters. The van der Waals surface area contributed by atoms with Gasteiger partial charge in [0.15, 0.2) is 0 Å². The van der Waals surface area contributed by atoms with Gasteiger partial charge in [0.2, 0.25) is 10.0 Å². The topological polar surface area (TPSA) is 107 Å². The van der Waals surface area contributed by atoms with E-state index < -0.39 is 14.9 Å². The van der Waals surface area contributed by atoms with E-state index in [1.54, 1.807) is 19.3 Å². The number of hydrogen-bond acceptors (Lipinski definition) is 5. The summed E-state index contributed by atoms with van der Waals surface area (Å²) < 4.78 is 29.8. The molecule has 0 radical (unpaired) electrons. The molecule has 0 saturated carbocycles. The first-order chi connectivity index (χ1) is 12.8. The molecule has 0 aliphatic rings. The number of nitrogens with zero attached hydrogens (tertiary/aromatic N) is 3. The molecule has 2 aromatic carbocycles. The Morgan fingerprint density at radius 3 is 2.59 bits per heavy atom. The lowest BCUT2D eigenvalue weighted by Crippen LogP contribution is -2.24. The predicted molar refractivity (Wildman–Crippen MR) is 100 cm³/mol. The molecular weight excluding hydrogens is 368 g/mol. The number of aryl methyl sites for hydroxylation is 2. The Labute approximate surface area is 156 Å². The van der Waals surface area contributed by atoms with Crippen LogP contribution in [-0.4, -0.2) is 22.9 Å². The monoisotopic (exact) mass is 386 g/mol. The van der Waals surface area contributed by atoms with Gasteiger partial charge in [-0.1, -0.05) is 24.3 Å². The summed E-state index contributed by atoms with van der Waals surface area (Å²) in [5.74, 6) is 0.778. The number of hydrogen-bond donors (Lipinski definition) is 1. The highest BCUT2D eigenvalue weighted by molar-refractivity contribution is 7.89. The van der Waals surface area contributed by atoms with Crippen LogP contribution in [0.2, 0.25) is 0 Å². The van der Waals surface area contributed by atoms with Crippen molar-refractivity contribution in [2.24, 2.45) is 0 Å². The fourth-order valence-electron chi connectivity index (χ4n) is 2.77. The third-order valence-electron chi connectivity index (χ3n) is 4.20. The molecular formula is C18H18N4O4S. The van der Waals surface area contributed by atoms with Crippen molar-refractivity contribution < 1.29 is 13.3 Å². The fourth-order valence-corrected chi connectivity index (χ4v) is 4.04. The summed E-state index contributed by atoms with van der Waals surface area (Å²) in [5, 5.41) is 11.0. The third kappa shape index (κ3) is 3.88. The number of imidazole rings is 1. The average molecular weight is 386 g/mol. The lowest BCUT2D eigenvalue weighted by atomic mass is 10.2. The van der Waals surface area contributed by atoms with Gasteiger partial charge in [-0.2, -0.15) is 0 Å². The SMILES string of the molecule is Cc1ccc([N+](=O)[O-])cc1S(=O)(=O)NCc1ccccc1-n1ccnc1C. The first kappa shape index (κ1) is 18.7. The van der Waals surface area contributed by atoms with Crippen LogP contribution in [-0.2, 0) is 16.6 Å². The number of nitro benzene ring substituents is 1. The van der Waals surface area contributed by atoms with E-state index in [9.17, 15) is 18.5 Å². The molecule has 0 spiro atoms. The zero-order valence-corrected chi connectivity index (χ0v) is 15.6. The van der Waals surface area contributed by atoms with Crippen LogP contribution in [0.25, 0.3) is 5.69 Å². The second-order valence-electron chi connectivity index (χ2n) is 6.00. The van der Waals surface area contributed by atoms with Crippen molar-refractivity contribution in [1.82, 2.24) is 14.3 Å². The molecule has 0 fully saturated rings. The minimum Gasteiger partial charge on any atom is -0.304 e. The lowest BCUT2D eigenvalue weighted by Gasteiger charge is -2.13. The first-order valence-electron chi connectivity index (χ1n) is 8.12. The molecule has 0 aliphatic carbocycles. The highest BCUT2D eigenvalue weighted by atomic mass is 32.2.